The summed E-state index contributed by atoms with van der Waals surface area (Å²) in [5, 5.41) is 12.7. The van der Waals surface area contributed by atoms with Crippen molar-refractivity contribution in [2.24, 2.45) is 5.92 Å². The number of allylic oxidation sites excluding steroid dienone is 2. The molecule has 23 heavy (non-hydrogen) atoms. The van der Waals surface area contributed by atoms with Gasteiger partial charge in [0.25, 0.3) is 0 Å². The van der Waals surface area contributed by atoms with E-state index in [4.69, 9.17) is 4.74 Å². The zero-order valence-electron chi connectivity index (χ0n) is 14.0. The van der Waals surface area contributed by atoms with Crippen molar-refractivity contribution in [1.29, 1.82) is 0 Å². The number of nitrogens with one attached hydrogen (secondary N) is 1. The van der Waals surface area contributed by atoms with Crippen molar-refractivity contribution in [2.75, 3.05) is 7.11 Å². The van der Waals surface area contributed by atoms with E-state index < -0.39 is 0 Å². The van der Waals surface area contributed by atoms with Gasteiger partial charge in [-0.2, -0.15) is 0 Å². The molecule has 0 atom stereocenters. The van der Waals surface area contributed by atoms with Gasteiger partial charge in [-0.05, 0) is 55.7 Å². The normalized spacial score (nSPS) is 21.3. The second kappa shape index (κ2) is 8.61. The first-order valence-corrected chi connectivity index (χ1v) is 8.44. The van der Waals surface area contributed by atoms with Crippen LogP contribution in [0.3, 0.4) is 0 Å². The van der Waals surface area contributed by atoms with E-state index in [1.165, 1.54) is 7.11 Å². The Bertz CT molecular complexity index is 546. The van der Waals surface area contributed by atoms with E-state index in [9.17, 15) is 9.90 Å². The Morgan fingerprint density at radius 2 is 2.09 bits per heavy atom. The largest absolute Gasteiger partial charge is 0.504 e. The summed E-state index contributed by atoms with van der Waals surface area (Å²) in [6.07, 6.45) is 10.3. The fourth-order valence-corrected chi connectivity index (χ4v) is 3.08. The number of rotatable bonds is 6. The summed E-state index contributed by atoms with van der Waals surface area (Å²) in [6, 6.07) is 5.31. The van der Waals surface area contributed by atoms with Crippen molar-refractivity contribution >= 4 is 5.91 Å². The number of benzene rings is 1. The van der Waals surface area contributed by atoms with Gasteiger partial charge in [0.05, 0.1) is 13.5 Å². The summed E-state index contributed by atoms with van der Waals surface area (Å²) in [4.78, 5) is 12.2. The second-order valence-corrected chi connectivity index (χ2v) is 6.20. The molecule has 1 aliphatic rings. The lowest BCUT2D eigenvalue weighted by Crippen LogP contribution is -2.38. The molecule has 1 saturated carbocycles. The molecule has 2 N–H and O–H groups in total. The minimum atomic E-state index is 0.0327. The molecule has 0 aliphatic heterocycles. The minimum Gasteiger partial charge on any atom is -0.504 e. The Kier molecular flexibility index (Phi) is 6.51. The smallest absolute Gasteiger partial charge is 0.224 e. The standard InChI is InChI=1S/C19H27NO3/c1-3-4-5-14-6-9-16(10-7-14)20-19(22)13-15-8-11-17(21)18(12-15)23-2/h4-5,8,11-12,14,16,21H,3,6-7,9-10,13H2,1-2H3,(H,20,22)/b5-4+. The number of carbonyl (C=O) groups is 1. The predicted octanol–water partition coefficient (Wildman–Crippen LogP) is 3.58. The molecule has 0 heterocycles. The molecule has 0 bridgehead atoms. The molecule has 0 aromatic heterocycles. The second-order valence-electron chi connectivity index (χ2n) is 6.20. The van der Waals surface area contributed by atoms with E-state index in [0.717, 1.165) is 37.7 Å². The SMILES string of the molecule is CC/C=C/C1CCC(NC(=O)Cc2ccc(O)c(OC)c2)CC1. The number of aromatic hydroxyl groups is 1. The number of carbonyl (C=O) groups excluding carboxylic acids is 1. The summed E-state index contributed by atoms with van der Waals surface area (Å²) < 4.78 is 5.07. The number of phenols is 1. The van der Waals surface area contributed by atoms with Gasteiger partial charge in [-0.25, -0.2) is 0 Å². The van der Waals surface area contributed by atoms with Gasteiger partial charge in [0, 0.05) is 6.04 Å². The van der Waals surface area contributed by atoms with E-state index in [1.54, 1.807) is 18.2 Å². The molecule has 1 amide bonds. The summed E-state index contributed by atoms with van der Waals surface area (Å²) >= 11 is 0. The summed E-state index contributed by atoms with van der Waals surface area (Å²) in [6.45, 7) is 2.15. The number of amides is 1. The summed E-state index contributed by atoms with van der Waals surface area (Å²) in [5.41, 5.74) is 0.844. The van der Waals surface area contributed by atoms with Gasteiger partial charge in [-0.1, -0.05) is 25.1 Å². The van der Waals surface area contributed by atoms with E-state index in [1.807, 2.05) is 0 Å². The minimum absolute atomic E-state index is 0.0327. The van der Waals surface area contributed by atoms with E-state index in [-0.39, 0.29) is 17.7 Å². The number of hydrogen-bond donors (Lipinski definition) is 2. The van der Waals surface area contributed by atoms with Crippen LogP contribution < -0.4 is 10.1 Å². The molecular formula is C19H27NO3. The highest BCUT2D eigenvalue weighted by molar-refractivity contribution is 5.79. The Morgan fingerprint density at radius 1 is 1.35 bits per heavy atom. The van der Waals surface area contributed by atoms with Crippen LogP contribution in [0.15, 0.2) is 30.4 Å². The highest BCUT2D eigenvalue weighted by atomic mass is 16.5. The lowest BCUT2D eigenvalue weighted by Gasteiger charge is -2.27. The summed E-state index contributed by atoms with van der Waals surface area (Å²) in [5.74, 6) is 1.20. The van der Waals surface area contributed by atoms with Gasteiger partial charge >= 0.3 is 0 Å². The molecule has 1 aromatic rings. The van der Waals surface area contributed by atoms with Crippen LogP contribution in [0.4, 0.5) is 0 Å². The molecule has 126 valence electrons. The van der Waals surface area contributed by atoms with E-state index in [0.29, 0.717) is 18.1 Å². The average Bonchev–Trinajstić information content (AvgIpc) is 2.56. The lowest BCUT2D eigenvalue weighted by molar-refractivity contribution is -0.121. The molecule has 4 nitrogen and oxygen atoms in total. The van der Waals surface area contributed by atoms with Crippen LogP contribution in [-0.2, 0) is 11.2 Å². The van der Waals surface area contributed by atoms with Gasteiger partial charge in [0.2, 0.25) is 5.91 Å². The first kappa shape index (κ1) is 17.4. The van der Waals surface area contributed by atoms with Crippen LogP contribution >= 0.6 is 0 Å². The highest BCUT2D eigenvalue weighted by Gasteiger charge is 2.21. The first-order chi connectivity index (χ1) is 11.1. The van der Waals surface area contributed by atoms with E-state index in [2.05, 4.69) is 24.4 Å². The molecule has 0 saturated heterocycles. The van der Waals surface area contributed by atoms with Crippen molar-refractivity contribution in [2.45, 2.75) is 51.5 Å². The summed E-state index contributed by atoms with van der Waals surface area (Å²) in [7, 11) is 1.50. The number of ether oxygens (including phenoxy) is 1. The third-order valence-corrected chi connectivity index (χ3v) is 4.39. The quantitative estimate of drug-likeness (QED) is 0.788. The zero-order chi connectivity index (χ0) is 16.7. The van der Waals surface area contributed by atoms with Crippen molar-refractivity contribution in [3.05, 3.63) is 35.9 Å². The fourth-order valence-electron chi connectivity index (χ4n) is 3.08. The molecule has 1 fully saturated rings. The molecule has 1 aliphatic carbocycles. The van der Waals surface area contributed by atoms with Gasteiger partial charge in [-0.15, -0.1) is 0 Å². The lowest BCUT2D eigenvalue weighted by atomic mass is 9.85. The maximum atomic E-state index is 12.2. The highest BCUT2D eigenvalue weighted by Crippen LogP contribution is 2.27. The molecule has 0 radical (unpaired) electrons. The number of phenolic OH excluding ortho intramolecular Hbond substituents is 1. The van der Waals surface area contributed by atoms with Crippen molar-refractivity contribution in [3.63, 3.8) is 0 Å². The Hall–Kier alpha value is -1.97. The third-order valence-electron chi connectivity index (χ3n) is 4.39. The number of methoxy groups -OCH3 is 1. The Morgan fingerprint density at radius 3 is 2.74 bits per heavy atom. The Labute approximate surface area is 138 Å². The molecule has 0 spiro atoms. The average molecular weight is 317 g/mol. The van der Waals surface area contributed by atoms with Gasteiger partial charge in [0.1, 0.15) is 0 Å². The van der Waals surface area contributed by atoms with Gasteiger partial charge in [0.15, 0.2) is 11.5 Å². The molecule has 0 unspecified atom stereocenters. The molecule has 1 aromatic carbocycles. The van der Waals surface area contributed by atoms with E-state index >= 15 is 0 Å². The van der Waals surface area contributed by atoms with Crippen LogP contribution in [0.2, 0.25) is 0 Å². The van der Waals surface area contributed by atoms with Gasteiger partial charge < -0.3 is 15.2 Å². The fraction of sp³-hybridized carbons (Fsp3) is 0.526. The van der Waals surface area contributed by atoms with Crippen LogP contribution in [0, 0.1) is 5.92 Å². The molecule has 4 heteroatoms. The topological polar surface area (TPSA) is 58.6 Å². The van der Waals surface area contributed by atoms with Crippen LogP contribution in [0.1, 0.15) is 44.6 Å². The third kappa shape index (κ3) is 5.31. The number of hydrogen-bond acceptors (Lipinski definition) is 3. The predicted molar refractivity (Wildman–Crippen MR) is 91.7 cm³/mol. The van der Waals surface area contributed by atoms with Gasteiger partial charge in [-0.3, -0.25) is 4.79 Å². The van der Waals surface area contributed by atoms with Crippen LogP contribution in [0.25, 0.3) is 0 Å². The Balaban J connectivity index is 1.80. The maximum Gasteiger partial charge on any atom is 0.224 e. The van der Waals surface area contributed by atoms with Crippen molar-refractivity contribution in [3.8, 4) is 11.5 Å². The zero-order valence-corrected chi connectivity index (χ0v) is 14.0. The monoisotopic (exact) mass is 317 g/mol. The van der Waals surface area contributed by atoms with Crippen molar-refractivity contribution < 1.29 is 14.6 Å². The molecular weight excluding hydrogens is 290 g/mol. The van der Waals surface area contributed by atoms with Crippen molar-refractivity contribution in [1.82, 2.24) is 5.32 Å². The molecule has 2 rings (SSSR count). The maximum absolute atomic E-state index is 12.2. The van der Waals surface area contributed by atoms with Crippen LogP contribution in [-0.4, -0.2) is 24.2 Å². The van der Waals surface area contributed by atoms with Crippen LogP contribution in [0.5, 0.6) is 11.5 Å². The first-order valence-electron chi connectivity index (χ1n) is 8.44.